The number of halogens is 1. The number of thiophene rings is 1. The molecular formula is C23H22ClNO5S3. The number of aliphatic hydroxyl groups is 1. The van der Waals surface area contributed by atoms with Crippen molar-refractivity contribution < 1.29 is 23.4 Å². The van der Waals surface area contributed by atoms with Crippen LogP contribution in [0.5, 0.6) is 0 Å². The molecule has 3 aromatic rings. The van der Waals surface area contributed by atoms with Crippen LogP contribution in [0.3, 0.4) is 0 Å². The number of hydrogen-bond donors (Lipinski definition) is 3. The highest BCUT2D eigenvalue weighted by molar-refractivity contribution is 7.99. The fourth-order valence-electron chi connectivity index (χ4n) is 4.05. The average Bonchev–Trinajstić information content (AvgIpc) is 3.17. The summed E-state index contributed by atoms with van der Waals surface area (Å²) in [5.41, 5.74) is -0.999. The quantitative estimate of drug-likeness (QED) is 0.343. The molecule has 1 aromatic heterocycles. The van der Waals surface area contributed by atoms with E-state index >= 15 is 0 Å². The smallest absolute Gasteiger partial charge is 0.325 e. The standard InChI is InChI=1S/C23H22ClNO5S3/c24-18-8-6-16(7-9-18)19-10-11-20(32-19)33(29,30)25-23(21(27)28)14-22(23,15-31-13-12-26)17-4-2-1-3-5-17/h1-11,25-26H,12-15H2,(H,27,28). The molecule has 33 heavy (non-hydrogen) atoms. The zero-order valence-corrected chi connectivity index (χ0v) is 20.6. The molecule has 0 saturated heterocycles. The largest absolute Gasteiger partial charge is 0.480 e. The molecule has 10 heteroatoms. The Morgan fingerprint density at radius 3 is 2.42 bits per heavy atom. The van der Waals surface area contributed by atoms with Gasteiger partial charge in [-0.2, -0.15) is 16.5 Å². The molecule has 4 rings (SSSR count). The van der Waals surface area contributed by atoms with Gasteiger partial charge in [0.2, 0.25) is 0 Å². The summed E-state index contributed by atoms with van der Waals surface area (Å²) in [5.74, 6) is -0.409. The van der Waals surface area contributed by atoms with E-state index in [0.717, 1.165) is 27.3 Å². The van der Waals surface area contributed by atoms with Gasteiger partial charge in [0.05, 0.1) is 6.61 Å². The van der Waals surface area contributed by atoms with Crippen LogP contribution < -0.4 is 4.72 Å². The van der Waals surface area contributed by atoms with E-state index in [9.17, 15) is 23.4 Å². The summed E-state index contributed by atoms with van der Waals surface area (Å²) < 4.78 is 29.2. The molecule has 2 aromatic carbocycles. The van der Waals surface area contributed by atoms with Crippen molar-refractivity contribution in [3.8, 4) is 10.4 Å². The van der Waals surface area contributed by atoms with Crippen molar-refractivity contribution in [2.24, 2.45) is 0 Å². The minimum absolute atomic E-state index is 0.0377. The number of carbonyl (C=O) groups is 1. The van der Waals surface area contributed by atoms with E-state index in [4.69, 9.17) is 11.6 Å². The van der Waals surface area contributed by atoms with Crippen LogP contribution >= 0.6 is 34.7 Å². The number of carboxylic acids is 1. The van der Waals surface area contributed by atoms with Crippen LogP contribution in [-0.2, 0) is 20.2 Å². The minimum atomic E-state index is -4.10. The van der Waals surface area contributed by atoms with E-state index in [0.29, 0.717) is 16.5 Å². The molecule has 2 unspecified atom stereocenters. The lowest BCUT2D eigenvalue weighted by atomic mass is 9.92. The van der Waals surface area contributed by atoms with Gasteiger partial charge in [-0.25, -0.2) is 8.42 Å². The van der Waals surface area contributed by atoms with Crippen molar-refractivity contribution in [2.45, 2.75) is 21.6 Å². The Bertz CT molecular complexity index is 1250. The van der Waals surface area contributed by atoms with Gasteiger partial charge in [0.25, 0.3) is 10.0 Å². The van der Waals surface area contributed by atoms with E-state index in [1.165, 1.54) is 17.8 Å². The van der Waals surface area contributed by atoms with Crippen LogP contribution in [0.15, 0.2) is 70.9 Å². The van der Waals surface area contributed by atoms with E-state index in [1.807, 2.05) is 30.3 Å². The maximum atomic E-state index is 13.3. The number of aliphatic hydroxyl groups excluding tert-OH is 1. The van der Waals surface area contributed by atoms with Gasteiger partial charge < -0.3 is 10.2 Å². The van der Waals surface area contributed by atoms with Gasteiger partial charge in [0.1, 0.15) is 9.75 Å². The van der Waals surface area contributed by atoms with Crippen LogP contribution in [0.1, 0.15) is 12.0 Å². The van der Waals surface area contributed by atoms with Crippen molar-refractivity contribution in [2.75, 3.05) is 18.1 Å². The third kappa shape index (κ3) is 4.58. The number of hydrogen-bond acceptors (Lipinski definition) is 6. The number of benzene rings is 2. The summed E-state index contributed by atoms with van der Waals surface area (Å²) in [4.78, 5) is 13.2. The van der Waals surface area contributed by atoms with Gasteiger partial charge in [-0.3, -0.25) is 4.79 Å². The fourth-order valence-corrected chi connectivity index (χ4v) is 8.05. The molecule has 2 atom stereocenters. The molecule has 174 valence electrons. The summed E-state index contributed by atoms with van der Waals surface area (Å²) in [7, 11) is -4.10. The molecular weight excluding hydrogens is 502 g/mol. The third-order valence-corrected chi connectivity index (χ3v) is 10.4. The monoisotopic (exact) mass is 523 g/mol. The fraction of sp³-hybridized carbons (Fsp3) is 0.261. The number of rotatable bonds is 10. The number of thioether (sulfide) groups is 1. The van der Waals surface area contributed by atoms with Crippen LogP contribution in [0, 0.1) is 0 Å². The van der Waals surface area contributed by atoms with Crippen molar-refractivity contribution >= 4 is 50.7 Å². The van der Waals surface area contributed by atoms with Gasteiger partial charge in [0, 0.05) is 26.8 Å². The van der Waals surface area contributed by atoms with Crippen LogP contribution in [0.25, 0.3) is 10.4 Å². The Morgan fingerprint density at radius 1 is 1.09 bits per heavy atom. The summed E-state index contributed by atoms with van der Waals surface area (Å²) >= 11 is 8.41. The zero-order chi connectivity index (χ0) is 23.7. The van der Waals surface area contributed by atoms with E-state index in [-0.39, 0.29) is 17.2 Å². The van der Waals surface area contributed by atoms with Gasteiger partial charge in [-0.05, 0) is 41.8 Å². The first-order valence-electron chi connectivity index (χ1n) is 10.1. The van der Waals surface area contributed by atoms with Crippen molar-refractivity contribution in [1.82, 2.24) is 4.72 Å². The van der Waals surface area contributed by atoms with Crippen LogP contribution in [0.4, 0.5) is 0 Å². The van der Waals surface area contributed by atoms with Gasteiger partial charge in [-0.1, -0.05) is 54.1 Å². The lowest BCUT2D eigenvalue weighted by molar-refractivity contribution is -0.140. The molecule has 6 nitrogen and oxygen atoms in total. The lowest BCUT2D eigenvalue weighted by Gasteiger charge is -2.24. The normalized spacial score (nSPS) is 22.2. The number of nitrogens with one attached hydrogen (secondary N) is 1. The second-order valence-corrected chi connectivity index (χ2v) is 12.4. The predicted octanol–water partition coefficient (Wildman–Crippen LogP) is 4.24. The zero-order valence-electron chi connectivity index (χ0n) is 17.4. The highest BCUT2D eigenvalue weighted by atomic mass is 35.5. The number of aliphatic carboxylic acids is 1. The first kappa shape index (κ1) is 24.3. The SMILES string of the molecule is O=C(O)C1(NS(=O)(=O)c2ccc(-c3ccc(Cl)cc3)s2)CC1(CSCCO)c1ccccc1. The maximum absolute atomic E-state index is 13.3. The third-order valence-electron chi connectivity index (χ3n) is 5.82. The molecule has 1 heterocycles. The highest BCUT2D eigenvalue weighted by Gasteiger charge is 2.74. The highest BCUT2D eigenvalue weighted by Crippen LogP contribution is 2.60. The van der Waals surface area contributed by atoms with Crippen LogP contribution in [0.2, 0.25) is 5.02 Å². The molecule has 0 bridgehead atoms. The average molecular weight is 524 g/mol. The molecule has 1 fully saturated rings. The predicted molar refractivity (Wildman–Crippen MR) is 133 cm³/mol. The Labute approximate surface area is 205 Å². The summed E-state index contributed by atoms with van der Waals surface area (Å²) in [6, 6.07) is 19.3. The second kappa shape index (κ2) is 9.40. The van der Waals surface area contributed by atoms with Crippen LogP contribution in [-0.4, -0.2) is 48.3 Å². The molecule has 3 N–H and O–H groups in total. The molecule has 1 saturated carbocycles. The summed E-state index contributed by atoms with van der Waals surface area (Å²) in [6.45, 7) is -0.0377. The van der Waals surface area contributed by atoms with Gasteiger partial charge in [-0.15, -0.1) is 11.3 Å². The Morgan fingerprint density at radius 2 is 1.79 bits per heavy atom. The molecule has 0 amide bonds. The molecule has 0 spiro atoms. The summed E-state index contributed by atoms with van der Waals surface area (Å²) in [5, 5.41) is 19.9. The summed E-state index contributed by atoms with van der Waals surface area (Å²) in [6.07, 6.45) is 0.131. The Kier molecular flexibility index (Phi) is 6.91. The van der Waals surface area contributed by atoms with Crippen molar-refractivity contribution in [3.63, 3.8) is 0 Å². The van der Waals surface area contributed by atoms with E-state index in [2.05, 4.69) is 4.72 Å². The molecule has 0 radical (unpaired) electrons. The van der Waals surface area contributed by atoms with Gasteiger partial charge >= 0.3 is 5.97 Å². The maximum Gasteiger partial charge on any atom is 0.325 e. The Balaban J connectivity index is 1.66. The number of carboxylic acid groups (broad SMARTS) is 1. The van der Waals surface area contributed by atoms with E-state index in [1.54, 1.807) is 30.3 Å². The first-order chi connectivity index (χ1) is 15.7. The molecule has 1 aliphatic rings. The second-order valence-electron chi connectivity index (χ2n) is 7.84. The number of sulfonamides is 1. The molecule has 0 aliphatic heterocycles. The first-order valence-corrected chi connectivity index (χ1v) is 13.9. The van der Waals surface area contributed by atoms with Crippen molar-refractivity contribution in [1.29, 1.82) is 0 Å². The van der Waals surface area contributed by atoms with E-state index < -0.39 is 26.9 Å². The molecule has 1 aliphatic carbocycles. The Hall–Kier alpha value is -1.88. The minimum Gasteiger partial charge on any atom is -0.480 e. The van der Waals surface area contributed by atoms with Gasteiger partial charge in [0.15, 0.2) is 0 Å². The lowest BCUT2D eigenvalue weighted by Crippen LogP contribution is -2.49. The topological polar surface area (TPSA) is 104 Å². The van der Waals surface area contributed by atoms with Crippen molar-refractivity contribution in [3.05, 3.63) is 77.3 Å².